The Morgan fingerprint density at radius 2 is 1.90 bits per heavy atom. The molecular weight excluding hydrogens is 470 g/mol. The number of halogens is 1. The largest absolute Gasteiger partial charge is 0.325 e. The standard InChI is InChI=1S/C21H22BrN3O4S/c1-2-12-23-30(28,29)14-15-7-9-16(10-8-15)24-20(26)17-11-13-25(21(17)27)19-6-4-3-5-18(19)22/h2-10,17,23H,1,11-14H2,(H,24,26). The summed E-state index contributed by atoms with van der Waals surface area (Å²) >= 11 is 3.44. The van der Waals surface area contributed by atoms with E-state index in [0.717, 1.165) is 10.2 Å². The number of rotatable bonds is 8. The number of hydrogen-bond acceptors (Lipinski definition) is 4. The SMILES string of the molecule is C=CCNS(=O)(=O)Cc1ccc(NC(=O)C2CCN(c3ccccc3Br)C2=O)cc1. The number of anilines is 2. The fourth-order valence-electron chi connectivity index (χ4n) is 3.20. The quantitative estimate of drug-likeness (QED) is 0.438. The van der Waals surface area contributed by atoms with Crippen LogP contribution in [0, 0.1) is 5.92 Å². The van der Waals surface area contributed by atoms with Gasteiger partial charge in [-0.2, -0.15) is 0 Å². The Balaban J connectivity index is 1.62. The Hall–Kier alpha value is -2.49. The van der Waals surface area contributed by atoms with Crippen LogP contribution in [0.4, 0.5) is 11.4 Å². The van der Waals surface area contributed by atoms with E-state index in [1.54, 1.807) is 29.2 Å². The highest BCUT2D eigenvalue weighted by molar-refractivity contribution is 9.10. The van der Waals surface area contributed by atoms with Crippen molar-refractivity contribution in [1.29, 1.82) is 0 Å². The lowest BCUT2D eigenvalue weighted by atomic mass is 10.1. The summed E-state index contributed by atoms with van der Waals surface area (Å²) in [4.78, 5) is 27.0. The van der Waals surface area contributed by atoms with Crippen molar-refractivity contribution in [2.24, 2.45) is 5.92 Å². The van der Waals surface area contributed by atoms with E-state index in [-0.39, 0.29) is 24.1 Å². The molecule has 1 aliphatic rings. The van der Waals surface area contributed by atoms with E-state index < -0.39 is 15.9 Å². The highest BCUT2D eigenvalue weighted by Gasteiger charge is 2.38. The number of carbonyl (C=O) groups is 2. The topological polar surface area (TPSA) is 95.6 Å². The van der Waals surface area contributed by atoms with E-state index in [1.807, 2.05) is 24.3 Å². The number of nitrogens with zero attached hydrogens (tertiary/aromatic N) is 1. The molecule has 3 rings (SSSR count). The summed E-state index contributed by atoms with van der Waals surface area (Å²) in [5, 5.41) is 2.75. The van der Waals surface area contributed by atoms with Crippen LogP contribution >= 0.6 is 15.9 Å². The first-order valence-corrected chi connectivity index (χ1v) is 11.8. The minimum atomic E-state index is -3.45. The van der Waals surface area contributed by atoms with Gasteiger partial charge in [0.25, 0.3) is 0 Å². The summed E-state index contributed by atoms with van der Waals surface area (Å²) in [5.74, 6) is -1.55. The third-order valence-electron chi connectivity index (χ3n) is 4.69. The van der Waals surface area contributed by atoms with Crippen molar-refractivity contribution in [1.82, 2.24) is 4.72 Å². The normalized spacial score (nSPS) is 16.5. The summed E-state index contributed by atoms with van der Waals surface area (Å²) in [5.41, 5.74) is 1.84. The number of sulfonamides is 1. The van der Waals surface area contributed by atoms with Crippen molar-refractivity contribution in [2.45, 2.75) is 12.2 Å². The average Bonchev–Trinajstić information content (AvgIpc) is 3.09. The molecule has 2 aromatic carbocycles. The maximum atomic E-state index is 12.8. The molecule has 1 saturated heterocycles. The van der Waals surface area contributed by atoms with Crippen LogP contribution in [0.2, 0.25) is 0 Å². The van der Waals surface area contributed by atoms with Crippen molar-refractivity contribution in [3.63, 3.8) is 0 Å². The first-order valence-electron chi connectivity index (χ1n) is 9.34. The Bertz CT molecular complexity index is 1050. The highest BCUT2D eigenvalue weighted by atomic mass is 79.9. The predicted octanol–water partition coefficient (Wildman–Crippen LogP) is 3.05. The minimum Gasteiger partial charge on any atom is -0.325 e. The van der Waals surface area contributed by atoms with E-state index in [0.29, 0.717) is 24.2 Å². The summed E-state index contributed by atoms with van der Waals surface area (Å²) in [6.07, 6.45) is 1.90. The van der Waals surface area contributed by atoms with Gasteiger partial charge in [-0.25, -0.2) is 13.1 Å². The van der Waals surface area contributed by atoms with Crippen LogP contribution in [0.25, 0.3) is 0 Å². The van der Waals surface area contributed by atoms with Gasteiger partial charge in [0.2, 0.25) is 21.8 Å². The van der Waals surface area contributed by atoms with Gasteiger partial charge < -0.3 is 10.2 Å². The first-order chi connectivity index (χ1) is 14.3. The summed E-state index contributed by atoms with van der Waals surface area (Å²) in [6.45, 7) is 4.11. The molecule has 30 heavy (non-hydrogen) atoms. The van der Waals surface area contributed by atoms with Gasteiger partial charge >= 0.3 is 0 Å². The molecule has 158 valence electrons. The molecular formula is C21H22BrN3O4S. The minimum absolute atomic E-state index is 0.169. The molecule has 2 aromatic rings. The molecule has 7 nitrogen and oxygen atoms in total. The van der Waals surface area contributed by atoms with Crippen LogP contribution in [0.3, 0.4) is 0 Å². The monoisotopic (exact) mass is 491 g/mol. The number of benzene rings is 2. The molecule has 1 atom stereocenters. The third-order valence-corrected chi connectivity index (χ3v) is 6.68. The van der Waals surface area contributed by atoms with Gasteiger partial charge in [0.05, 0.1) is 11.4 Å². The van der Waals surface area contributed by atoms with Crippen LogP contribution in [-0.4, -0.2) is 33.3 Å². The first kappa shape index (κ1) is 22.2. The van der Waals surface area contributed by atoms with Crippen LogP contribution in [0.1, 0.15) is 12.0 Å². The van der Waals surface area contributed by atoms with Gasteiger partial charge in [-0.1, -0.05) is 30.3 Å². The lowest BCUT2D eigenvalue weighted by molar-refractivity contribution is -0.129. The molecule has 1 unspecified atom stereocenters. The summed E-state index contributed by atoms with van der Waals surface area (Å²) in [6, 6.07) is 13.9. The molecule has 0 aromatic heterocycles. The molecule has 0 bridgehead atoms. The smallest absolute Gasteiger partial charge is 0.239 e. The van der Waals surface area contributed by atoms with Gasteiger partial charge in [-0.3, -0.25) is 9.59 Å². The molecule has 9 heteroatoms. The van der Waals surface area contributed by atoms with Gasteiger partial charge in [0.15, 0.2) is 0 Å². The fraction of sp³-hybridized carbons (Fsp3) is 0.238. The van der Waals surface area contributed by atoms with E-state index in [2.05, 4.69) is 32.5 Å². The molecule has 1 aliphatic heterocycles. The lowest BCUT2D eigenvalue weighted by Gasteiger charge is -2.18. The summed E-state index contributed by atoms with van der Waals surface area (Å²) < 4.78 is 27.1. The molecule has 0 radical (unpaired) electrons. The number of amides is 2. The van der Waals surface area contributed by atoms with E-state index in [9.17, 15) is 18.0 Å². The van der Waals surface area contributed by atoms with Gasteiger partial charge in [0, 0.05) is 23.2 Å². The number of carbonyl (C=O) groups excluding carboxylic acids is 2. The second-order valence-electron chi connectivity index (χ2n) is 6.86. The second kappa shape index (κ2) is 9.55. The zero-order valence-electron chi connectivity index (χ0n) is 16.2. The maximum Gasteiger partial charge on any atom is 0.239 e. The van der Waals surface area contributed by atoms with Crippen molar-refractivity contribution in [3.05, 3.63) is 71.2 Å². The van der Waals surface area contributed by atoms with E-state index in [4.69, 9.17) is 0 Å². The number of nitrogens with one attached hydrogen (secondary N) is 2. The third kappa shape index (κ3) is 5.35. The molecule has 2 N–H and O–H groups in total. The van der Waals surface area contributed by atoms with Crippen LogP contribution in [0.15, 0.2) is 65.7 Å². The van der Waals surface area contributed by atoms with Gasteiger partial charge in [0.1, 0.15) is 5.92 Å². The lowest BCUT2D eigenvalue weighted by Crippen LogP contribution is -2.33. The Labute approximate surface area is 184 Å². The highest BCUT2D eigenvalue weighted by Crippen LogP contribution is 2.31. The molecule has 0 aliphatic carbocycles. The number of hydrogen-bond donors (Lipinski definition) is 2. The number of para-hydroxylation sites is 1. The van der Waals surface area contributed by atoms with Gasteiger partial charge in [-0.15, -0.1) is 6.58 Å². The van der Waals surface area contributed by atoms with E-state index in [1.165, 1.54) is 6.08 Å². The van der Waals surface area contributed by atoms with Crippen molar-refractivity contribution < 1.29 is 18.0 Å². The molecule has 1 fully saturated rings. The van der Waals surface area contributed by atoms with Crippen molar-refractivity contribution >= 4 is 49.1 Å². The zero-order valence-corrected chi connectivity index (χ0v) is 18.6. The van der Waals surface area contributed by atoms with Crippen LogP contribution < -0.4 is 14.9 Å². The molecule has 0 saturated carbocycles. The maximum absolute atomic E-state index is 12.8. The average molecular weight is 492 g/mol. The zero-order chi connectivity index (χ0) is 21.7. The Kier molecular flexibility index (Phi) is 7.06. The molecule has 2 amide bonds. The van der Waals surface area contributed by atoms with E-state index >= 15 is 0 Å². The van der Waals surface area contributed by atoms with Crippen molar-refractivity contribution in [3.8, 4) is 0 Å². The Morgan fingerprint density at radius 1 is 1.20 bits per heavy atom. The fourth-order valence-corrected chi connectivity index (χ4v) is 4.81. The van der Waals surface area contributed by atoms with Crippen LogP contribution in [-0.2, 0) is 25.4 Å². The second-order valence-corrected chi connectivity index (χ2v) is 9.53. The predicted molar refractivity (Wildman–Crippen MR) is 120 cm³/mol. The summed E-state index contributed by atoms with van der Waals surface area (Å²) in [7, 11) is -3.45. The molecule has 1 heterocycles. The Morgan fingerprint density at radius 3 is 2.57 bits per heavy atom. The van der Waals surface area contributed by atoms with Crippen molar-refractivity contribution in [2.75, 3.05) is 23.3 Å². The molecule has 0 spiro atoms. The van der Waals surface area contributed by atoms with Gasteiger partial charge in [-0.05, 0) is 52.2 Å². The van der Waals surface area contributed by atoms with Crippen LogP contribution in [0.5, 0.6) is 0 Å².